The van der Waals surface area contributed by atoms with Gasteiger partial charge < -0.3 is 10.4 Å². The van der Waals surface area contributed by atoms with Gasteiger partial charge in [-0.1, -0.05) is 25.7 Å². The van der Waals surface area contributed by atoms with Crippen LogP contribution in [-0.4, -0.2) is 17.1 Å². The van der Waals surface area contributed by atoms with Crippen LogP contribution in [0.2, 0.25) is 0 Å². The van der Waals surface area contributed by atoms with Gasteiger partial charge in [-0.25, -0.2) is 4.79 Å². The van der Waals surface area contributed by atoms with Gasteiger partial charge in [0, 0.05) is 11.7 Å². The predicted octanol–water partition coefficient (Wildman–Crippen LogP) is 4.54. The van der Waals surface area contributed by atoms with Crippen molar-refractivity contribution in [2.75, 3.05) is 5.32 Å². The van der Waals surface area contributed by atoms with Crippen LogP contribution in [0, 0.1) is 0 Å². The molecular weight excluding hydrogens is 283 g/mol. The Kier molecular flexibility index (Phi) is 4.75. The standard InChI is InChI=1S/C15H18F3NO2/c16-15(17,18)11-7-10(14(20)21)8-13(9-11)19-12-5-3-1-2-4-6-12/h7-9,12,19H,1-6H2,(H,20,21). The molecule has 0 aromatic heterocycles. The van der Waals surface area contributed by atoms with E-state index in [0.29, 0.717) is 6.07 Å². The summed E-state index contributed by atoms with van der Waals surface area (Å²) < 4.78 is 38.5. The highest BCUT2D eigenvalue weighted by molar-refractivity contribution is 5.89. The minimum atomic E-state index is -4.55. The fraction of sp³-hybridized carbons (Fsp3) is 0.533. The Bertz CT molecular complexity index is 506. The SMILES string of the molecule is O=C(O)c1cc(NC2CCCCCC2)cc(C(F)(F)F)c1. The van der Waals surface area contributed by atoms with E-state index in [1.54, 1.807) is 0 Å². The Balaban J connectivity index is 2.25. The summed E-state index contributed by atoms with van der Waals surface area (Å²) in [7, 11) is 0. The molecule has 1 aromatic carbocycles. The fourth-order valence-corrected chi connectivity index (χ4v) is 2.66. The maximum Gasteiger partial charge on any atom is 0.416 e. The van der Waals surface area contributed by atoms with Crippen molar-refractivity contribution in [2.24, 2.45) is 0 Å². The topological polar surface area (TPSA) is 49.3 Å². The first-order valence-electron chi connectivity index (χ1n) is 7.08. The number of alkyl halides is 3. The third-order valence-electron chi connectivity index (χ3n) is 3.73. The van der Waals surface area contributed by atoms with Crippen LogP contribution in [0.3, 0.4) is 0 Å². The van der Waals surface area contributed by atoms with E-state index in [0.717, 1.165) is 44.6 Å². The van der Waals surface area contributed by atoms with Gasteiger partial charge in [0.25, 0.3) is 0 Å². The quantitative estimate of drug-likeness (QED) is 0.806. The van der Waals surface area contributed by atoms with E-state index in [2.05, 4.69) is 5.32 Å². The number of aromatic carboxylic acids is 1. The molecule has 2 rings (SSSR count). The number of carboxylic acids is 1. The summed E-state index contributed by atoms with van der Waals surface area (Å²) in [6, 6.07) is 3.03. The van der Waals surface area contributed by atoms with Crippen molar-refractivity contribution in [3.05, 3.63) is 29.3 Å². The molecule has 1 aromatic rings. The second-order valence-electron chi connectivity index (χ2n) is 5.43. The highest BCUT2D eigenvalue weighted by Gasteiger charge is 2.32. The number of hydrogen-bond acceptors (Lipinski definition) is 2. The van der Waals surface area contributed by atoms with E-state index in [-0.39, 0.29) is 17.3 Å². The van der Waals surface area contributed by atoms with Crippen LogP contribution in [-0.2, 0) is 6.18 Å². The molecule has 0 amide bonds. The Morgan fingerprint density at radius 2 is 1.71 bits per heavy atom. The van der Waals surface area contributed by atoms with Crippen molar-refractivity contribution in [1.29, 1.82) is 0 Å². The third-order valence-corrected chi connectivity index (χ3v) is 3.73. The molecule has 3 nitrogen and oxygen atoms in total. The van der Waals surface area contributed by atoms with Crippen molar-refractivity contribution in [3.8, 4) is 0 Å². The average molecular weight is 301 g/mol. The maximum absolute atomic E-state index is 12.8. The largest absolute Gasteiger partial charge is 0.478 e. The number of benzene rings is 1. The molecule has 1 saturated carbocycles. The maximum atomic E-state index is 12.8. The van der Waals surface area contributed by atoms with Gasteiger partial charge in [-0.05, 0) is 31.0 Å². The zero-order valence-corrected chi connectivity index (χ0v) is 11.5. The molecule has 0 aliphatic heterocycles. The summed E-state index contributed by atoms with van der Waals surface area (Å²) in [5.74, 6) is -1.36. The van der Waals surface area contributed by atoms with Crippen LogP contribution >= 0.6 is 0 Å². The summed E-state index contributed by atoms with van der Waals surface area (Å²) in [6.45, 7) is 0. The van der Waals surface area contributed by atoms with Crippen LogP contribution in [0.15, 0.2) is 18.2 Å². The van der Waals surface area contributed by atoms with Crippen molar-refractivity contribution in [2.45, 2.75) is 50.7 Å². The Labute approximate surface area is 121 Å². The van der Waals surface area contributed by atoms with E-state index in [1.807, 2.05) is 0 Å². The molecule has 0 unspecified atom stereocenters. The number of nitrogens with one attached hydrogen (secondary N) is 1. The number of halogens is 3. The van der Waals surface area contributed by atoms with Gasteiger partial charge in [-0.15, -0.1) is 0 Å². The minimum Gasteiger partial charge on any atom is -0.478 e. The summed E-state index contributed by atoms with van der Waals surface area (Å²) in [4.78, 5) is 11.0. The van der Waals surface area contributed by atoms with Crippen molar-refractivity contribution >= 4 is 11.7 Å². The van der Waals surface area contributed by atoms with Crippen LogP contribution in [0.5, 0.6) is 0 Å². The molecule has 6 heteroatoms. The number of carbonyl (C=O) groups is 1. The molecule has 0 bridgehead atoms. The molecule has 1 fully saturated rings. The van der Waals surface area contributed by atoms with Gasteiger partial charge in [0.05, 0.1) is 11.1 Å². The van der Waals surface area contributed by atoms with Gasteiger partial charge in [-0.2, -0.15) is 13.2 Å². The number of carboxylic acid groups (broad SMARTS) is 1. The van der Waals surface area contributed by atoms with E-state index >= 15 is 0 Å². The van der Waals surface area contributed by atoms with E-state index in [4.69, 9.17) is 5.11 Å². The number of rotatable bonds is 3. The van der Waals surface area contributed by atoms with Gasteiger partial charge in [0.1, 0.15) is 0 Å². The molecule has 1 aliphatic rings. The van der Waals surface area contributed by atoms with Crippen molar-refractivity contribution in [3.63, 3.8) is 0 Å². The highest BCUT2D eigenvalue weighted by atomic mass is 19.4. The monoisotopic (exact) mass is 301 g/mol. The normalized spacial score (nSPS) is 17.3. The van der Waals surface area contributed by atoms with Gasteiger partial charge in [0.2, 0.25) is 0 Å². The Hall–Kier alpha value is -1.72. The molecule has 0 spiro atoms. The first-order chi connectivity index (χ1) is 9.86. The summed E-state index contributed by atoms with van der Waals surface area (Å²) in [6.07, 6.45) is 1.62. The van der Waals surface area contributed by atoms with Gasteiger partial charge >= 0.3 is 12.1 Å². The summed E-state index contributed by atoms with van der Waals surface area (Å²) >= 11 is 0. The lowest BCUT2D eigenvalue weighted by Crippen LogP contribution is -2.19. The molecule has 1 aliphatic carbocycles. The molecule has 116 valence electrons. The molecule has 0 atom stereocenters. The van der Waals surface area contributed by atoms with Crippen LogP contribution in [0.25, 0.3) is 0 Å². The molecule has 0 radical (unpaired) electrons. The zero-order valence-electron chi connectivity index (χ0n) is 11.5. The lowest BCUT2D eigenvalue weighted by atomic mass is 10.1. The second kappa shape index (κ2) is 6.37. The zero-order chi connectivity index (χ0) is 15.5. The minimum absolute atomic E-state index is 0.109. The molecule has 0 saturated heterocycles. The van der Waals surface area contributed by atoms with Gasteiger partial charge in [0.15, 0.2) is 0 Å². The van der Waals surface area contributed by atoms with E-state index in [9.17, 15) is 18.0 Å². The molecule has 0 heterocycles. The number of hydrogen-bond donors (Lipinski definition) is 2. The summed E-state index contributed by atoms with van der Waals surface area (Å²) in [5.41, 5.74) is -1.05. The van der Waals surface area contributed by atoms with Crippen LogP contribution in [0.4, 0.5) is 18.9 Å². The average Bonchev–Trinajstić information content (AvgIpc) is 2.66. The second-order valence-corrected chi connectivity index (χ2v) is 5.43. The van der Waals surface area contributed by atoms with Crippen LogP contribution in [0.1, 0.15) is 54.4 Å². The summed E-state index contributed by atoms with van der Waals surface area (Å²) in [5, 5.41) is 12.0. The Morgan fingerprint density at radius 3 is 2.24 bits per heavy atom. The smallest absolute Gasteiger partial charge is 0.416 e. The lowest BCUT2D eigenvalue weighted by molar-refractivity contribution is -0.137. The lowest BCUT2D eigenvalue weighted by Gasteiger charge is -2.19. The van der Waals surface area contributed by atoms with Crippen molar-refractivity contribution in [1.82, 2.24) is 0 Å². The molecule has 2 N–H and O–H groups in total. The van der Waals surface area contributed by atoms with Crippen molar-refractivity contribution < 1.29 is 23.1 Å². The predicted molar refractivity (Wildman–Crippen MR) is 73.5 cm³/mol. The first kappa shape index (κ1) is 15.7. The third kappa shape index (κ3) is 4.37. The van der Waals surface area contributed by atoms with E-state index < -0.39 is 17.7 Å². The first-order valence-corrected chi connectivity index (χ1v) is 7.08. The van der Waals surface area contributed by atoms with E-state index in [1.165, 1.54) is 6.07 Å². The highest BCUT2D eigenvalue weighted by Crippen LogP contribution is 2.32. The van der Waals surface area contributed by atoms with Crippen LogP contribution < -0.4 is 5.32 Å². The Morgan fingerprint density at radius 1 is 1.10 bits per heavy atom. The fourth-order valence-electron chi connectivity index (χ4n) is 2.66. The molecule has 21 heavy (non-hydrogen) atoms. The molecular formula is C15H18F3NO2. The number of anilines is 1. The van der Waals surface area contributed by atoms with Gasteiger partial charge in [-0.3, -0.25) is 0 Å².